The number of carbonyl (C=O) groups is 1. The number of hydrogen-bond donors (Lipinski definition) is 0. The van der Waals surface area contributed by atoms with Gasteiger partial charge in [-0.2, -0.15) is 26.3 Å². The van der Waals surface area contributed by atoms with E-state index in [1.54, 1.807) is 0 Å². The van der Waals surface area contributed by atoms with Crippen LogP contribution in [0.25, 0.3) is 0 Å². The molecule has 0 amide bonds. The normalized spacial score (nSPS) is 13.1. The Kier molecular flexibility index (Phi) is 21.1. The van der Waals surface area contributed by atoms with Gasteiger partial charge in [0.25, 0.3) is 0 Å². The molecule has 0 heterocycles. The van der Waals surface area contributed by atoms with E-state index >= 15 is 0 Å². The van der Waals surface area contributed by atoms with E-state index < -0.39 is 46.2 Å². The minimum atomic E-state index is -6.33. The highest BCUT2D eigenvalue weighted by molar-refractivity contribution is 7.85. The first kappa shape index (κ1) is 40.0. The van der Waals surface area contributed by atoms with Crippen LogP contribution in [0.5, 0.6) is 0 Å². The highest BCUT2D eigenvalue weighted by atomic mass is 32.2. The molecule has 0 spiro atoms. The van der Waals surface area contributed by atoms with Gasteiger partial charge in [-0.15, -0.1) is 0 Å². The molecule has 0 saturated heterocycles. The number of halogens is 6. The van der Waals surface area contributed by atoms with Crippen LogP contribution in [0.15, 0.2) is 0 Å². The third-order valence-electron chi connectivity index (χ3n) is 7.32. The smallest absolute Gasteiger partial charge is 0.438 e. The minimum Gasteiger partial charge on any atom is -0.748 e. The van der Waals surface area contributed by atoms with Gasteiger partial charge < -0.3 is 9.29 Å². The molecular formula is C29H51F6O5S-. The van der Waals surface area contributed by atoms with Crippen LogP contribution in [0.1, 0.15) is 155 Å². The van der Waals surface area contributed by atoms with Gasteiger partial charge in [0.15, 0.2) is 0 Å². The largest absolute Gasteiger partial charge is 0.748 e. The van der Waals surface area contributed by atoms with Crippen LogP contribution in [-0.2, 0) is 19.6 Å². The standard InChI is InChI=1S/C29H52F6O5S/c1-2-3-4-5-6-7-8-9-10-11-12-13-14-15-16-17-18-19-20-21-22-23-24-26(36)40-27(28(30,31)32,29(33,34)35)25-41(37,38)39/h2-25H2,1H3,(H,37,38,39)/p-1. The fourth-order valence-electron chi connectivity index (χ4n) is 4.84. The summed E-state index contributed by atoms with van der Waals surface area (Å²) in [4.78, 5) is 11.7. The molecule has 0 unspecified atom stereocenters. The number of hydrogen-bond acceptors (Lipinski definition) is 5. The summed E-state index contributed by atoms with van der Waals surface area (Å²) in [5.74, 6) is -4.81. The van der Waals surface area contributed by atoms with Gasteiger partial charge in [0.05, 0.1) is 15.9 Å². The van der Waals surface area contributed by atoms with E-state index in [0.29, 0.717) is 12.8 Å². The number of carbonyl (C=O) groups excluding carboxylic acids is 1. The molecule has 0 N–H and O–H groups in total. The number of unbranched alkanes of at least 4 members (excludes halogenated alkanes) is 21. The van der Waals surface area contributed by atoms with Crippen molar-refractivity contribution in [3.05, 3.63) is 0 Å². The van der Waals surface area contributed by atoms with E-state index in [2.05, 4.69) is 11.7 Å². The Morgan fingerprint density at radius 3 is 1.07 bits per heavy atom. The summed E-state index contributed by atoms with van der Waals surface area (Å²) >= 11 is 0. The summed E-state index contributed by atoms with van der Waals surface area (Å²) in [7, 11) is -6.02. The lowest BCUT2D eigenvalue weighted by Gasteiger charge is -2.36. The molecule has 5 nitrogen and oxygen atoms in total. The van der Waals surface area contributed by atoms with Crippen molar-refractivity contribution in [2.24, 2.45) is 0 Å². The molecule has 41 heavy (non-hydrogen) atoms. The molecule has 0 aromatic rings. The molecule has 0 saturated carbocycles. The zero-order valence-electron chi connectivity index (χ0n) is 24.7. The summed E-state index contributed by atoms with van der Waals surface area (Å²) in [6.07, 6.45) is 11.3. The van der Waals surface area contributed by atoms with Gasteiger partial charge >= 0.3 is 23.9 Å². The maximum Gasteiger partial charge on any atom is 0.438 e. The number of alkyl halides is 6. The highest BCUT2D eigenvalue weighted by Crippen LogP contribution is 2.47. The molecule has 0 aromatic heterocycles. The Balaban J connectivity index is 3.81. The van der Waals surface area contributed by atoms with Crippen LogP contribution in [-0.4, -0.2) is 42.6 Å². The second-order valence-corrected chi connectivity index (χ2v) is 12.6. The maximum absolute atomic E-state index is 13.2. The molecule has 0 atom stereocenters. The number of ether oxygens (including phenoxy) is 1. The molecule has 0 fully saturated rings. The molecule has 246 valence electrons. The fraction of sp³-hybridized carbons (Fsp3) is 0.966. The third-order valence-corrected chi connectivity index (χ3v) is 8.08. The van der Waals surface area contributed by atoms with Crippen LogP contribution < -0.4 is 0 Å². The van der Waals surface area contributed by atoms with Gasteiger partial charge in [-0.1, -0.05) is 142 Å². The number of rotatable bonds is 26. The Labute approximate surface area is 243 Å². The van der Waals surface area contributed by atoms with Gasteiger partial charge in [-0.3, -0.25) is 4.79 Å². The second-order valence-electron chi connectivity index (χ2n) is 11.2. The third kappa shape index (κ3) is 19.7. The first-order chi connectivity index (χ1) is 19.2. The van der Waals surface area contributed by atoms with Crippen molar-refractivity contribution < 1.29 is 48.8 Å². The number of esters is 1. The maximum atomic E-state index is 13.2. The van der Waals surface area contributed by atoms with Crippen LogP contribution >= 0.6 is 0 Å². The lowest BCUT2D eigenvalue weighted by molar-refractivity contribution is -0.361. The van der Waals surface area contributed by atoms with Crippen LogP contribution in [0.4, 0.5) is 26.3 Å². The summed E-state index contributed by atoms with van der Waals surface area (Å²) < 4.78 is 115. The Hall–Kier alpha value is -1.04. The molecule has 0 aromatic carbocycles. The summed E-state index contributed by atoms with van der Waals surface area (Å²) in [6, 6.07) is 0. The predicted octanol–water partition coefficient (Wildman–Crippen LogP) is 9.93. The van der Waals surface area contributed by atoms with E-state index in [4.69, 9.17) is 0 Å². The average Bonchev–Trinajstić information content (AvgIpc) is 2.84. The van der Waals surface area contributed by atoms with Gasteiger partial charge in [0.2, 0.25) is 0 Å². The topological polar surface area (TPSA) is 83.5 Å². The van der Waals surface area contributed by atoms with E-state index in [-0.39, 0.29) is 6.42 Å². The van der Waals surface area contributed by atoms with Crippen molar-refractivity contribution in [2.75, 3.05) is 5.75 Å². The molecule has 0 aliphatic carbocycles. The van der Waals surface area contributed by atoms with Crippen molar-refractivity contribution in [1.82, 2.24) is 0 Å². The molecule has 0 aliphatic heterocycles. The van der Waals surface area contributed by atoms with Crippen LogP contribution in [0, 0.1) is 0 Å². The monoisotopic (exact) mass is 625 g/mol. The van der Waals surface area contributed by atoms with E-state index in [9.17, 15) is 44.1 Å². The predicted molar refractivity (Wildman–Crippen MR) is 147 cm³/mol. The zero-order valence-corrected chi connectivity index (χ0v) is 25.5. The zero-order chi connectivity index (χ0) is 31.3. The van der Waals surface area contributed by atoms with Crippen LogP contribution in [0.3, 0.4) is 0 Å². The van der Waals surface area contributed by atoms with Crippen molar-refractivity contribution >= 4 is 16.1 Å². The van der Waals surface area contributed by atoms with Crippen molar-refractivity contribution in [3.63, 3.8) is 0 Å². The van der Waals surface area contributed by atoms with Gasteiger partial charge in [-0.25, -0.2) is 8.42 Å². The molecule has 12 heteroatoms. The van der Waals surface area contributed by atoms with Gasteiger partial charge in [0, 0.05) is 6.42 Å². The van der Waals surface area contributed by atoms with Crippen molar-refractivity contribution in [3.8, 4) is 0 Å². The first-order valence-corrected chi connectivity index (χ1v) is 17.0. The molecule has 0 rings (SSSR count). The lowest BCUT2D eigenvalue weighted by atomic mass is 10.0. The van der Waals surface area contributed by atoms with Crippen molar-refractivity contribution in [2.45, 2.75) is 173 Å². The fourth-order valence-corrected chi connectivity index (χ4v) is 5.73. The van der Waals surface area contributed by atoms with E-state index in [0.717, 1.165) is 25.7 Å². The second kappa shape index (κ2) is 21.6. The van der Waals surface area contributed by atoms with E-state index in [1.165, 1.54) is 96.3 Å². The molecule has 0 bridgehead atoms. The summed E-state index contributed by atoms with van der Waals surface area (Å²) in [5, 5.41) is 0. The molecule has 0 aliphatic rings. The Morgan fingerprint density at radius 2 is 0.829 bits per heavy atom. The Morgan fingerprint density at radius 1 is 0.561 bits per heavy atom. The van der Waals surface area contributed by atoms with Crippen molar-refractivity contribution in [1.29, 1.82) is 0 Å². The first-order valence-electron chi connectivity index (χ1n) is 15.4. The van der Waals surface area contributed by atoms with Gasteiger partial charge in [-0.05, 0) is 6.42 Å². The molecular weight excluding hydrogens is 574 g/mol. The highest BCUT2D eigenvalue weighted by Gasteiger charge is 2.75. The lowest BCUT2D eigenvalue weighted by Crippen LogP contribution is -2.63. The molecule has 0 radical (unpaired) electrons. The Bertz CT molecular complexity index is 755. The van der Waals surface area contributed by atoms with Crippen LogP contribution in [0.2, 0.25) is 0 Å². The minimum absolute atomic E-state index is 0.00615. The average molecular weight is 626 g/mol. The summed E-state index contributed by atoms with van der Waals surface area (Å²) in [6.45, 7) is 2.24. The van der Waals surface area contributed by atoms with Gasteiger partial charge in [0.1, 0.15) is 0 Å². The quantitative estimate of drug-likeness (QED) is 0.0413. The SMILES string of the molecule is CCCCCCCCCCCCCCCCCCCCCCCCC(=O)OC(CS(=O)(=O)[O-])(C(F)(F)F)C(F)(F)F. The van der Waals surface area contributed by atoms with E-state index in [1.807, 2.05) is 0 Å². The summed E-state index contributed by atoms with van der Waals surface area (Å²) in [5.41, 5.74) is -5.38.